The van der Waals surface area contributed by atoms with Crippen LogP contribution < -0.4 is 14.8 Å². The normalized spacial score (nSPS) is 10.7. The fourth-order valence-corrected chi connectivity index (χ4v) is 3.25. The summed E-state index contributed by atoms with van der Waals surface area (Å²) < 4.78 is 12.6. The quantitative estimate of drug-likeness (QED) is 0.262. The molecule has 0 aromatic heterocycles. The van der Waals surface area contributed by atoms with Crippen LogP contribution in [0.5, 0.6) is 11.5 Å². The molecule has 1 N–H and O–H groups in total. The molecule has 166 valence electrons. The van der Waals surface area contributed by atoms with E-state index in [9.17, 15) is 4.79 Å². The van der Waals surface area contributed by atoms with Gasteiger partial charge in [0.1, 0.15) is 6.61 Å². The molecule has 0 aliphatic heterocycles. The summed E-state index contributed by atoms with van der Waals surface area (Å²) in [7, 11) is 0. The van der Waals surface area contributed by atoms with Crippen molar-refractivity contribution in [3.63, 3.8) is 0 Å². The van der Waals surface area contributed by atoms with Crippen LogP contribution in [0.2, 0.25) is 5.02 Å². The first-order valence-electron chi connectivity index (χ1n) is 9.89. The van der Waals surface area contributed by atoms with Gasteiger partial charge < -0.3 is 19.6 Å². The molecule has 3 rings (SSSR count). The number of rotatable bonds is 10. The Hall–Kier alpha value is -3.03. The lowest BCUT2D eigenvalue weighted by Crippen LogP contribution is -2.16. The third kappa shape index (κ3) is 7.28. The average molecular weight is 518 g/mol. The molecule has 3 aromatic rings. The van der Waals surface area contributed by atoms with Crippen LogP contribution in [0.3, 0.4) is 0 Å². The van der Waals surface area contributed by atoms with Gasteiger partial charge in [-0.1, -0.05) is 63.0 Å². The number of hydrogen-bond acceptors (Lipinski definition) is 5. The lowest BCUT2D eigenvalue weighted by molar-refractivity contribution is -0.120. The van der Waals surface area contributed by atoms with E-state index in [0.717, 1.165) is 10.0 Å². The molecule has 6 nitrogen and oxygen atoms in total. The topological polar surface area (TPSA) is 69.2 Å². The summed E-state index contributed by atoms with van der Waals surface area (Å²) in [5, 5.41) is 6.95. The van der Waals surface area contributed by atoms with E-state index in [1.807, 2.05) is 49.4 Å². The van der Waals surface area contributed by atoms with Gasteiger partial charge in [0.2, 0.25) is 0 Å². The van der Waals surface area contributed by atoms with Gasteiger partial charge in [-0.05, 0) is 48.9 Å². The Labute approximate surface area is 200 Å². The summed E-state index contributed by atoms with van der Waals surface area (Å²) >= 11 is 9.85. The minimum absolute atomic E-state index is 0.216. The Morgan fingerprint density at radius 2 is 1.84 bits per heavy atom. The Morgan fingerprint density at radius 1 is 1.09 bits per heavy atom. The Kier molecular flexibility index (Phi) is 8.95. The summed E-state index contributed by atoms with van der Waals surface area (Å²) in [6.07, 6.45) is 1.46. The van der Waals surface area contributed by atoms with Crippen LogP contribution in [0, 0.1) is 0 Å². The zero-order chi connectivity index (χ0) is 22.8. The average Bonchev–Trinajstić information content (AvgIpc) is 2.78. The highest BCUT2D eigenvalue weighted by molar-refractivity contribution is 9.10. The fourth-order valence-electron chi connectivity index (χ4n) is 2.71. The van der Waals surface area contributed by atoms with Crippen molar-refractivity contribution in [3.05, 3.63) is 87.4 Å². The molecule has 0 aliphatic rings. The lowest BCUT2D eigenvalue weighted by Gasteiger charge is -2.14. The number of amides is 1. The molecule has 0 saturated heterocycles. The molecule has 3 aromatic carbocycles. The number of ether oxygens (including phenoxy) is 2. The predicted molar refractivity (Wildman–Crippen MR) is 130 cm³/mol. The number of hydrogen-bond donors (Lipinski definition) is 1. The van der Waals surface area contributed by atoms with E-state index in [0.29, 0.717) is 41.0 Å². The summed E-state index contributed by atoms with van der Waals surface area (Å²) in [5.41, 5.74) is 2.34. The number of carbonyl (C=O) groups is 1. The molecule has 1 amide bonds. The van der Waals surface area contributed by atoms with Crippen LogP contribution in [0.1, 0.15) is 18.1 Å². The van der Waals surface area contributed by atoms with Gasteiger partial charge in [0.05, 0.1) is 17.8 Å². The van der Waals surface area contributed by atoms with Crippen molar-refractivity contribution in [1.29, 1.82) is 0 Å². The minimum Gasteiger partial charge on any atom is -0.490 e. The minimum atomic E-state index is -0.307. The monoisotopic (exact) mass is 516 g/mol. The molecule has 8 heteroatoms. The summed E-state index contributed by atoms with van der Waals surface area (Å²) in [6, 6.07) is 20.4. The van der Waals surface area contributed by atoms with Crippen molar-refractivity contribution in [2.24, 2.45) is 5.16 Å². The molecular formula is C24H22BrClN2O4. The van der Waals surface area contributed by atoms with E-state index in [2.05, 4.69) is 26.4 Å². The fraction of sp³-hybridized carbons (Fsp3) is 0.167. The first kappa shape index (κ1) is 23.6. The number of oxime groups is 1. The third-order valence-corrected chi connectivity index (χ3v) is 4.97. The molecule has 0 aliphatic carbocycles. The van der Waals surface area contributed by atoms with E-state index >= 15 is 0 Å². The maximum absolute atomic E-state index is 11.9. The summed E-state index contributed by atoms with van der Waals surface area (Å²) in [4.78, 5) is 17.0. The molecule has 0 fully saturated rings. The summed E-state index contributed by atoms with van der Waals surface area (Å²) in [6.45, 7) is 2.45. The molecular weight excluding hydrogens is 496 g/mol. The van der Waals surface area contributed by atoms with Crippen LogP contribution >= 0.6 is 27.5 Å². The van der Waals surface area contributed by atoms with Crippen molar-refractivity contribution in [1.82, 2.24) is 0 Å². The van der Waals surface area contributed by atoms with Gasteiger partial charge in [-0.2, -0.15) is 0 Å². The van der Waals surface area contributed by atoms with E-state index in [4.69, 9.17) is 25.9 Å². The Morgan fingerprint density at radius 3 is 2.56 bits per heavy atom. The number of carbonyl (C=O) groups excluding carboxylic acids is 1. The maximum Gasteiger partial charge on any atom is 0.265 e. The van der Waals surface area contributed by atoms with E-state index in [1.54, 1.807) is 24.3 Å². The standard InChI is InChI=1S/C24H22BrClN2O4/c1-2-30-22-13-18(14-27-32-16-23(29)28-20-6-4-3-5-7-20)12-21(26)24(22)31-15-17-8-10-19(25)11-9-17/h3-14H,2,15-16H2,1H3,(H,28,29)/b27-14+. The third-order valence-electron chi connectivity index (χ3n) is 4.16. The molecule has 32 heavy (non-hydrogen) atoms. The van der Waals surface area contributed by atoms with Crippen molar-refractivity contribution in [2.45, 2.75) is 13.5 Å². The SMILES string of the molecule is CCOc1cc(/C=N/OCC(=O)Nc2ccccc2)cc(Cl)c1OCc1ccc(Br)cc1. The lowest BCUT2D eigenvalue weighted by atomic mass is 10.2. The van der Waals surface area contributed by atoms with Crippen molar-refractivity contribution < 1.29 is 19.1 Å². The maximum atomic E-state index is 11.9. The predicted octanol–water partition coefficient (Wildman–Crippen LogP) is 6.07. The molecule has 0 heterocycles. The number of para-hydroxylation sites is 1. The second-order valence-corrected chi connectivity index (χ2v) is 7.92. The van der Waals surface area contributed by atoms with Crippen molar-refractivity contribution in [3.8, 4) is 11.5 Å². The van der Waals surface area contributed by atoms with Gasteiger partial charge in [0.15, 0.2) is 18.1 Å². The number of anilines is 1. The van der Waals surface area contributed by atoms with Crippen LogP contribution in [0.25, 0.3) is 0 Å². The van der Waals surface area contributed by atoms with Gasteiger partial charge >= 0.3 is 0 Å². The van der Waals surface area contributed by atoms with Crippen LogP contribution in [-0.4, -0.2) is 25.3 Å². The smallest absolute Gasteiger partial charge is 0.265 e. The van der Waals surface area contributed by atoms with Gasteiger partial charge in [0.25, 0.3) is 5.91 Å². The first-order chi connectivity index (χ1) is 15.5. The molecule has 0 bridgehead atoms. The Bertz CT molecular complexity index is 1060. The zero-order valence-electron chi connectivity index (χ0n) is 17.4. The van der Waals surface area contributed by atoms with Gasteiger partial charge in [-0.25, -0.2) is 0 Å². The molecule has 0 spiro atoms. The van der Waals surface area contributed by atoms with E-state index in [-0.39, 0.29) is 12.5 Å². The number of nitrogens with zero attached hydrogens (tertiary/aromatic N) is 1. The van der Waals surface area contributed by atoms with E-state index in [1.165, 1.54) is 6.21 Å². The van der Waals surface area contributed by atoms with Gasteiger partial charge in [-0.15, -0.1) is 0 Å². The molecule has 0 saturated carbocycles. The van der Waals surface area contributed by atoms with E-state index < -0.39 is 0 Å². The first-order valence-corrected chi connectivity index (χ1v) is 11.1. The van der Waals surface area contributed by atoms with Crippen LogP contribution in [0.15, 0.2) is 76.4 Å². The van der Waals surface area contributed by atoms with Crippen molar-refractivity contribution >= 4 is 45.3 Å². The number of nitrogens with one attached hydrogen (secondary N) is 1. The molecule has 0 atom stereocenters. The summed E-state index contributed by atoms with van der Waals surface area (Å²) in [5.74, 6) is 0.648. The van der Waals surface area contributed by atoms with Gasteiger partial charge in [0, 0.05) is 15.7 Å². The Balaban J connectivity index is 1.60. The molecule has 0 unspecified atom stereocenters. The second kappa shape index (κ2) is 12.1. The van der Waals surface area contributed by atoms with Crippen molar-refractivity contribution in [2.75, 3.05) is 18.5 Å². The highest BCUT2D eigenvalue weighted by Gasteiger charge is 2.13. The zero-order valence-corrected chi connectivity index (χ0v) is 19.7. The second-order valence-electron chi connectivity index (χ2n) is 6.60. The largest absolute Gasteiger partial charge is 0.490 e. The number of benzene rings is 3. The highest BCUT2D eigenvalue weighted by Crippen LogP contribution is 2.37. The number of halogens is 2. The van der Waals surface area contributed by atoms with Crippen LogP contribution in [0.4, 0.5) is 5.69 Å². The van der Waals surface area contributed by atoms with Gasteiger partial charge in [-0.3, -0.25) is 4.79 Å². The molecule has 0 radical (unpaired) electrons. The van der Waals surface area contributed by atoms with Crippen LogP contribution in [-0.2, 0) is 16.2 Å². The highest BCUT2D eigenvalue weighted by atomic mass is 79.9.